The number of ketones is 1. The molecule has 0 aliphatic rings. The fraction of sp³-hybridized carbons (Fsp3) is 0.211. The third-order valence-electron chi connectivity index (χ3n) is 3.54. The Labute approximate surface area is 160 Å². The van der Waals surface area contributed by atoms with Crippen LogP contribution in [-0.4, -0.2) is 27.8 Å². The van der Waals surface area contributed by atoms with Gasteiger partial charge in [-0.15, -0.1) is 10.2 Å². The maximum atomic E-state index is 12.5. The summed E-state index contributed by atoms with van der Waals surface area (Å²) in [4.78, 5) is 12.5. The third-order valence-corrected chi connectivity index (χ3v) is 5.56. The summed E-state index contributed by atoms with van der Waals surface area (Å²) < 4.78 is 6.35. The molecule has 3 rings (SSSR count). The molecule has 0 fully saturated rings. The number of rotatable bonds is 8. The van der Waals surface area contributed by atoms with Crippen LogP contribution in [-0.2, 0) is 0 Å². The van der Waals surface area contributed by atoms with E-state index in [1.165, 1.54) is 23.1 Å². The second-order valence-electron chi connectivity index (χ2n) is 5.42. The van der Waals surface area contributed by atoms with Crippen LogP contribution in [0.4, 0.5) is 10.8 Å². The van der Waals surface area contributed by atoms with Crippen LogP contribution in [0.25, 0.3) is 0 Å². The van der Waals surface area contributed by atoms with E-state index in [2.05, 4.69) is 15.5 Å². The van der Waals surface area contributed by atoms with Gasteiger partial charge in [0.25, 0.3) is 0 Å². The van der Waals surface area contributed by atoms with Gasteiger partial charge < -0.3 is 10.1 Å². The Bertz CT molecular complexity index is 868. The smallest absolute Gasteiger partial charge is 0.210 e. The van der Waals surface area contributed by atoms with Crippen molar-refractivity contribution >= 4 is 39.7 Å². The Morgan fingerprint density at radius 2 is 1.88 bits per heavy atom. The zero-order valence-electron chi connectivity index (χ0n) is 14.5. The minimum atomic E-state index is -0.228. The molecule has 0 saturated carbocycles. The van der Waals surface area contributed by atoms with E-state index >= 15 is 0 Å². The SMILES string of the molecule is CCOc1ccccc1Nc1nnc(SC(C)C(=O)c2ccccc2)s1. The molecular formula is C19H19N3O2S2. The van der Waals surface area contributed by atoms with Gasteiger partial charge in [0.15, 0.2) is 10.1 Å². The molecule has 0 radical (unpaired) electrons. The van der Waals surface area contributed by atoms with Crippen molar-refractivity contribution in [2.75, 3.05) is 11.9 Å². The van der Waals surface area contributed by atoms with E-state index in [4.69, 9.17) is 4.74 Å². The summed E-state index contributed by atoms with van der Waals surface area (Å²) in [5.74, 6) is 0.856. The summed E-state index contributed by atoms with van der Waals surface area (Å²) in [5.41, 5.74) is 1.55. The number of hydrogen-bond acceptors (Lipinski definition) is 7. The Morgan fingerprint density at radius 3 is 2.65 bits per heavy atom. The number of carbonyl (C=O) groups excluding carboxylic acids is 1. The van der Waals surface area contributed by atoms with Gasteiger partial charge in [0.05, 0.1) is 17.5 Å². The molecule has 0 bridgehead atoms. The van der Waals surface area contributed by atoms with Crippen LogP contribution in [0, 0.1) is 0 Å². The van der Waals surface area contributed by atoms with E-state index in [0.29, 0.717) is 17.3 Å². The monoisotopic (exact) mass is 385 g/mol. The molecule has 1 heterocycles. The molecule has 2 aromatic carbocycles. The van der Waals surface area contributed by atoms with Crippen molar-refractivity contribution in [3.63, 3.8) is 0 Å². The van der Waals surface area contributed by atoms with Gasteiger partial charge in [-0.3, -0.25) is 4.79 Å². The second-order valence-corrected chi connectivity index (χ2v) is 7.98. The van der Waals surface area contributed by atoms with Crippen molar-refractivity contribution in [2.45, 2.75) is 23.4 Å². The summed E-state index contributed by atoms with van der Waals surface area (Å²) in [5, 5.41) is 12.0. The second kappa shape index (κ2) is 8.82. The summed E-state index contributed by atoms with van der Waals surface area (Å²) in [6.07, 6.45) is 0. The molecule has 1 unspecified atom stereocenters. The minimum Gasteiger partial charge on any atom is -0.492 e. The van der Waals surface area contributed by atoms with Gasteiger partial charge in [-0.1, -0.05) is 65.6 Å². The summed E-state index contributed by atoms with van der Waals surface area (Å²) in [7, 11) is 0. The highest BCUT2D eigenvalue weighted by molar-refractivity contribution is 8.02. The molecule has 3 aromatic rings. The molecule has 5 nitrogen and oxygen atoms in total. The number of carbonyl (C=O) groups is 1. The predicted octanol–water partition coefficient (Wildman–Crippen LogP) is 5.04. The normalized spacial score (nSPS) is 11.8. The lowest BCUT2D eigenvalue weighted by atomic mass is 10.1. The van der Waals surface area contributed by atoms with Crippen molar-refractivity contribution in [1.29, 1.82) is 0 Å². The molecule has 0 amide bonds. The first-order valence-corrected chi connectivity index (χ1v) is 9.95. The van der Waals surface area contributed by atoms with Gasteiger partial charge in [0.1, 0.15) is 5.75 Å². The molecule has 1 aromatic heterocycles. The van der Waals surface area contributed by atoms with Crippen molar-refractivity contribution in [3.05, 3.63) is 60.2 Å². The maximum absolute atomic E-state index is 12.5. The van der Waals surface area contributed by atoms with Gasteiger partial charge in [0, 0.05) is 5.56 Å². The molecule has 0 aliphatic carbocycles. The number of benzene rings is 2. The van der Waals surface area contributed by atoms with E-state index in [1.54, 1.807) is 0 Å². The molecule has 7 heteroatoms. The van der Waals surface area contributed by atoms with Crippen LogP contribution in [0.15, 0.2) is 58.9 Å². The van der Waals surface area contributed by atoms with Crippen molar-refractivity contribution < 1.29 is 9.53 Å². The molecule has 0 saturated heterocycles. The van der Waals surface area contributed by atoms with E-state index in [-0.39, 0.29) is 11.0 Å². The van der Waals surface area contributed by atoms with Gasteiger partial charge in [-0.2, -0.15) is 0 Å². The topological polar surface area (TPSA) is 64.1 Å². The number of nitrogens with zero attached hydrogens (tertiary/aromatic N) is 2. The highest BCUT2D eigenvalue weighted by Gasteiger charge is 2.18. The van der Waals surface area contributed by atoms with E-state index in [1.807, 2.05) is 68.4 Å². The molecule has 134 valence electrons. The van der Waals surface area contributed by atoms with E-state index in [0.717, 1.165) is 15.8 Å². The Kier molecular flexibility index (Phi) is 6.25. The van der Waals surface area contributed by atoms with Crippen LogP contribution >= 0.6 is 23.1 Å². The molecule has 0 spiro atoms. The molecule has 1 atom stereocenters. The summed E-state index contributed by atoms with van der Waals surface area (Å²) in [6.45, 7) is 4.43. The first kappa shape index (κ1) is 18.4. The lowest BCUT2D eigenvalue weighted by molar-refractivity contribution is 0.0994. The number of thioether (sulfide) groups is 1. The average Bonchev–Trinajstić information content (AvgIpc) is 3.10. The predicted molar refractivity (Wildman–Crippen MR) is 107 cm³/mol. The molecule has 0 aliphatic heterocycles. The number of para-hydroxylation sites is 2. The summed E-state index contributed by atoms with van der Waals surface area (Å²) >= 11 is 2.83. The summed E-state index contributed by atoms with van der Waals surface area (Å²) in [6, 6.07) is 17.0. The first-order valence-electron chi connectivity index (χ1n) is 8.25. The first-order chi connectivity index (χ1) is 12.7. The van der Waals surface area contributed by atoms with Crippen molar-refractivity contribution in [2.24, 2.45) is 0 Å². The lowest BCUT2D eigenvalue weighted by Gasteiger charge is -2.09. The van der Waals surface area contributed by atoms with Crippen LogP contribution < -0.4 is 10.1 Å². The fourth-order valence-electron chi connectivity index (χ4n) is 2.32. The Balaban J connectivity index is 1.66. The Hall–Kier alpha value is -2.38. The third kappa shape index (κ3) is 4.62. The minimum absolute atomic E-state index is 0.0852. The number of hydrogen-bond donors (Lipinski definition) is 1. The van der Waals surface area contributed by atoms with Gasteiger partial charge in [0.2, 0.25) is 5.13 Å². The fourth-order valence-corrected chi connectivity index (χ4v) is 4.30. The van der Waals surface area contributed by atoms with E-state index in [9.17, 15) is 4.79 Å². The largest absolute Gasteiger partial charge is 0.492 e. The van der Waals surface area contributed by atoms with Gasteiger partial charge in [-0.05, 0) is 26.0 Å². The quantitative estimate of drug-likeness (QED) is 0.433. The van der Waals surface area contributed by atoms with E-state index < -0.39 is 0 Å². The number of nitrogens with one attached hydrogen (secondary N) is 1. The van der Waals surface area contributed by atoms with Crippen LogP contribution in [0.3, 0.4) is 0 Å². The number of aromatic nitrogens is 2. The van der Waals surface area contributed by atoms with Crippen molar-refractivity contribution in [1.82, 2.24) is 10.2 Å². The van der Waals surface area contributed by atoms with Crippen molar-refractivity contribution in [3.8, 4) is 5.75 Å². The highest BCUT2D eigenvalue weighted by Crippen LogP contribution is 2.33. The number of anilines is 2. The maximum Gasteiger partial charge on any atom is 0.210 e. The zero-order valence-corrected chi connectivity index (χ0v) is 16.1. The zero-order chi connectivity index (χ0) is 18.4. The number of Topliss-reactive ketones (excluding diaryl/α,β-unsaturated/α-hetero) is 1. The molecule has 1 N–H and O–H groups in total. The van der Waals surface area contributed by atoms with Gasteiger partial charge >= 0.3 is 0 Å². The van der Waals surface area contributed by atoms with Gasteiger partial charge in [-0.25, -0.2) is 0 Å². The average molecular weight is 386 g/mol. The van der Waals surface area contributed by atoms with Crippen LogP contribution in [0.5, 0.6) is 5.75 Å². The van der Waals surface area contributed by atoms with Crippen LogP contribution in [0.1, 0.15) is 24.2 Å². The number of ether oxygens (including phenoxy) is 1. The standard InChI is InChI=1S/C19H19N3O2S2/c1-3-24-16-12-8-7-11-15(16)20-18-21-22-19(26-18)25-13(2)17(23)14-9-5-4-6-10-14/h4-13H,3H2,1-2H3,(H,20,21). The Morgan fingerprint density at radius 1 is 1.15 bits per heavy atom. The molecular weight excluding hydrogens is 366 g/mol. The lowest BCUT2D eigenvalue weighted by Crippen LogP contribution is -2.13. The highest BCUT2D eigenvalue weighted by atomic mass is 32.2. The molecule has 26 heavy (non-hydrogen) atoms. The van der Waals surface area contributed by atoms with Crippen LogP contribution in [0.2, 0.25) is 0 Å².